The van der Waals surface area contributed by atoms with Crippen molar-refractivity contribution >= 4 is 22.9 Å². The van der Waals surface area contributed by atoms with Gasteiger partial charge in [0, 0.05) is 26.9 Å². The number of rotatable bonds is 6. The monoisotopic (exact) mass is 307 g/mol. The Bertz CT molecular complexity index is 532. The molecule has 0 saturated heterocycles. The molecule has 0 radical (unpaired) electrons. The molecule has 0 aliphatic heterocycles. The highest BCUT2D eigenvalue weighted by Crippen LogP contribution is 2.17. The van der Waals surface area contributed by atoms with Crippen molar-refractivity contribution in [2.75, 3.05) is 0 Å². The Morgan fingerprint density at radius 1 is 1.00 bits per heavy atom. The summed E-state index contributed by atoms with van der Waals surface area (Å²) < 4.78 is 0. The molecule has 0 saturated carbocycles. The lowest BCUT2D eigenvalue weighted by Crippen LogP contribution is -2.37. The molecule has 1 aromatic carbocycles. The van der Waals surface area contributed by atoms with Crippen LogP contribution in [0.25, 0.3) is 0 Å². The molecule has 1 heterocycles. The van der Waals surface area contributed by atoms with Crippen molar-refractivity contribution in [2.24, 2.45) is 0 Å². The Labute approximate surface area is 131 Å². The molecule has 1 nitrogen and oxygen atoms in total. The van der Waals surface area contributed by atoms with Crippen molar-refractivity contribution in [1.82, 2.24) is 5.32 Å². The summed E-state index contributed by atoms with van der Waals surface area (Å²) in [7, 11) is 0. The van der Waals surface area contributed by atoms with Crippen molar-refractivity contribution in [2.45, 2.75) is 45.7 Å². The van der Waals surface area contributed by atoms with Gasteiger partial charge >= 0.3 is 0 Å². The van der Waals surface area contributed by atoms with E-state index in [4.69, 9.17) is 11.6 Å². The Hall–Kier alpha value is -0.830. The average Bonchev–Trinajstić information content (AvgIpc) is 2.77. The van der Waals surface area contributed by atoms with E-state index in [0.717, 1.165) is 17.9 Å². The summed E-state index contributed by atoms with van der Waals surface area (Å²) in [5.41, 5.74) is 1.33. The summed E-state index contributed by atoms with van der Waals surface area (Å²) in [5.74, 6) is 0. The fraction of sp³-hybridized carbons (Fsp3) is 0.412. The first kappa shape index (κ1) is 15.6. The fourth-order valence-corrected chi connectivity index (χ4v) is 3.62. The van der Waals surface area contributed by atoms with E-state index in [1.165, 1.54) is 15.3 Å². The van der Waals surface area contributed by atoms with Crippen LogP contribution in [0, 0.1) is 6.92 Å². The molecular formula is C17H22ClNS. The summed E-state index contributed by atoms with van der Waals surface area (Å²) >= 11 is 7.80. The lowest BCUT2D eigenvalue weighted by molar-refractivity contribution is 0.464. The molecule has 0 amide bonds. The number of hydrogen-bond donors (Lipinski definition) is 1. The molecule has 0 aliphatic rings. The van der Waals surface area contributed by atoms with E-state index >= 15 is 0 Å². The standard InChI is InChI=1S/C17H22ClNS/c1-12(10-15-5-7-16(18)8-6-15)19-13(2)11-17-9-4-14(3)20-17/h4-9,12-13,19H,10-11H2,1-3H3. The number of aryl methyl sites for hydroxylation is 1. The molecule has 1 aromatic heterocycles. The summed E-state index contributed by atoms with van der Waals surface area (Å²) in [6, 6.07) is 13.5. The molecule has 0 fully saturated rings. The highest BCUT2D eigenvalue weighted by Gasteiger charge is 2.10. The van der Waals surface area contributed by atoms with Crippen LogP contribution in [0.2, 0.25) is 5.02 Å². The van der Waals surface area contributed by atoms with Gasteiger partial charge in [-0.1, -0.05) is 23.7 Å². The number of halogens is 1. The minimum Gasteiger partial charge on any atom is -0.311 e. The highest BCUT2D eigenvalue weighted by atomic mass is 35.5. The predicted molar refractivity (Wildman–Crippen MR) is 90.0 cm³/mol. The molecule has 0 aliphatic carbocycles. The molecule has 2 rings (SSSR count). The largest absolute Gasteiger partial charge is 0.311 e. The maximum absolute atomic E-state index is 5.91. The smallest absolute Gasteiger partial charge is 0.0406 e. The molecule has 20 heavy (non-hydrogen) atoms. The van der Waals surface area contributed by atoms with Crippen molar-refractivity contribution in [3.8, 4) is 0 Å². The van der Waals surface area contributed by atoms with Gasteiger partial charge in [-0.05, 0) is 63.4 Å². The number of hydrogen-bond acceptors (Lipinski definition) is 2. The third kappa shape index (κ3) is 4.93. The maximum atomic E-state index is 5.91. The van der Waals surface area contributed by atoms with E-state index in [2.05, 4.69) is 50.4 Å². The summed E-state index contributed by atoms with van der Waals surface area (Å²) in [6.07, 6.45) is 2.13. The second kappa shape index (κ2) is 7.26. The molecule has 2 aromatic rings. The van der Waals surface area contributed by atoms with E-state index in [9.17, 15) is 0 Å². The van der Waals surface area contributed by atoms with Crippen LogP contribution in [0.5, 0.6) is 0 Å². The Morgan fingerprint density at radius 2 is 1.65 bits per heavy atom. The third-order valence-electron chi connectivity index (χ3n) is 3.33. The fourth-order valence-electron chi connectivity index (χ4n) is 2.47. The van der Waals surface area contributed by atoms with Crippen LogP contribution < -0.4 is 5.32 Å². The van der Waals surface area contributed by atoms with Gasteiger partial charge in [0.2, 0.25) is 0 Å². The molecule has 0 spiro atoms. The van der Waals surface area contributed by atoms with Crippen LogP contribution >= 0.6 is 22.9 Å². The zero-order valence-electron chi connectivity index (χ0n) is 12.3. The van der Waals surface area contributed by atoms with E-state index < -0.39 is 0 Å². The van der Waals surface area contributed by atoms with Crippen molar-refractivity contribution in [3.63, 3.8) is 0 Å². The van der Waals surface area contributed by atoms with Crippen LogP contribution in [0.4, 0.5) is 0 Å². The first-order valence-electron chi connectivity index (χ1n) is 7.08. The lowest BCUT2D eigenvalue weighted by atomic mass is 10.1. The molecule has 2 atom stereocenters. The first-order chi connectivity index (χ1) is 9.52. The minimum atomic E-state index is 0.465. The lowest BCUT2D eigenvalue weighted by Gasteiger charge is -2.19. The Morgan fingerprint density at radius 3 is 2.25 bits per heavy atom. The maximum Gasteiger partial charge on any atom is 0.0406 e. The Kier molecular flexibility index (Phi) is 5.64. The van der Waals surface area contributed by atoms with Crippen LogP contribution in [-0.2, 0) is 12.8 Å². The van der Waals surface area contributed by atoms with Gasteiger partial charge in [0.05, 0.1) is 0 Å². The summed E-state index contributed by atoms with van der Waals surface area (Å²) in [5, 5.41) is 4.48. The second-order valence-corrected chi connectivity index (χ2v) is 7.32. The quantitative estimate of drug-likeness (QED) is 0.803. The molecule has 1 N–H and O–H groups in total. The minimum absolute atomic E-state index is 0.465. The van der Waals surface area contributed by atoms with Crippen LogP contribution in [0.3, 0.4) is 0 Å². The second-order valence-electron chi connectivity index (χ2n) is 5.52. The topological polar surface area (TPSA) is 12.0 Å². The molecule has 2 unspecified atom stereocenters. The van der Waals surface area contributed by atoms with Gasteiger partial charge in [0.25, 0.3) is 0 Å². The number of benzene rings is 1. The first-order valence-corrected chi connectivity index (χ1v) is 8.28. The summed E-state index contributed by atoms with van der Waals surface area (Å²) in [6.45, 7) is 6.66. The van der Waals surface area contributed by atoms with E-state index in [-0.39, 0.29) is 0 Å². The average molecular weight is 308 g/mol. The number of nitrogens with one attached hydrogen (secondary N) is 1. The molecule has 3 heteroatoms. The third-order valence-corrected chi connectivity index (χ3v) is 4.60. The van der Waals surface area contributed by atoms with Gasteiger partial charge in [0.15, 0.2) is 0 Å². The van der Waals surface area contributed by atoms with Gasteiger partial charge < -0.3 is 5.32 Å². The molecule has 0 bridgehead atoms. The Balaban J connectivity index is 1.81. The van der Waals surface area contributed by atoms with Crippen molar-refractivity contribution in [3.05, 3.63) is 56.7 Å². The highest BCUT2D eigenvalue weighted by molar-refractivity contribution is 7.11. The zero-order chi connectivity index (χ0) is 14.5. The van der Waals surface area contributed by atoms with Crippen molar-refractivity contribution in [1.29, 1.82) is 0 Å². The zero-order valence-corrected chi connectivity index (χ0v) is 13.9. The van der Waals surface area contributed by atoms with Crippen LogP contribution in [-0.4, -0.2) is 12.1 Å². The van der Waals surface area contributed by atoms with Crippen LogP contribution in [0.1, 0.15) is 29.2 Å². The van der Waals surface area contributed by atoms with Gasteiger partial charge in [-0.15, -0.1) is 11.3 Å². The molecular weight excluding hydrogens is 286 g/mol. The summed E-state index contributed by atoms with van der Waals surface area (Å²) in [4.78, 5) is 2.85. The van der Waals surface area contributed by atoms with Crippen molar-refractivity contribution < 1.29 is 0 Å². The molecule has 108 valence electrons. The predicted octanol–water partition coefficient (Wildman–Crippen LogP) is 4.86. The van der Waals surface area contributed by atoms with E-state index in [1.807, 2.05) is 23.5 Å². The van der Waals surface area contributed by atoms with E-state index in [0.29, 0.717) is 12.1 Å². The SMILES string of the molecule is Cc1ccc(CC(C)NC(C)Cc2ccc(Cl)cc2)s1. The van der Waals surface area contributed by atoms with Gasteiger partial charge in [0.1, 0.15) is 0 Å². The van der Waals surface area contributed by atoms with Crippen LogP contribution in [0.15, 0.2) is 36.4 Å². The van der Waals surface area contributed by atoms with E-state index in [1.54, 1.807) is 0 Å². The number of thiophene rings is 1. The van der Waals surface area contributed by atoms with Gasteiger partial charge in [-0.25, -0.2) is 0 Å². The van der Waals surface area contributed by atoms with Gasteiger partial charge in [-0.2, -0.15) is 0 Å². The normalized spacial score (nSPS) is 14.2. The van der Waals surface area contributed by atoms with Gasteiger partial charge in [-0.3, -0.25) is 0 Å².